The molecule has 1 aromatic rings. The summed E-state index contributed by atoms with van der Waals surface area (Å²) in [6, 6.07) is -0.207. The van der Waals surface area contributed by atoms with Gasteiger partial charge in [0.25, 0.3) is 0 Å². The lowest BCUT2D eigenvalue weighted by Gasteiger charge is -2.13. The molecular formula is C8H9BrFNO3. The van der Waals surface area contributed by atoms with Crippen LogP contribution in [0.3, 0.4) is 0 Å². The topological polar surface area (TPSA) is 86.7 Å². The smallest absolute Gasteiger partial charge is 0.172 e. The average Bonchev–Trinajstić information content (AvgIpc) is 2.14. The van der Waals surface area contributed by atoms with Crippen molar-refractivity contribution in [3.63, 3.8) is 0 Å². The van der Waals surface area contributed by atoms with E-state index in [-0.39, 0.29) is 10.0 Å². The van der Waals surface area contributed by atoms with Crippen molar-refractivity contribution in [2.45, 2.75) is 6.04 Å². The van der Waals surface area contributed by atoms with E-state index in [1.54, 1.807) is 0 Å². The second-order valence-electron chi connectivity index (χ2n) is 2.74. The number of benzene rings is 1. The average molecular weight is 266 g/mol. The van der Waals surface area contributed by atoms with E-state index in [4.69, 9.17) is 15.9 Å². The number of phenols is 2. The number of aromatic hydroxyl groups is 2. The summed E-state index contributed by atoms with van der Waals surface area (Å²) in [5, 5.41) is 27.0. The molecule has 0 fully saturated rings. The molecule has 0 heterocycles. The van der Waals surface area contributed by atoms with Crippen molar-refractivity contribution in [2.75, 3.05) is 6.61 Å². The standard InChI is InChI=1S/C8H9BrFNO3/c9-7-6(4(11)2-12)3(10)1-5(13)8(7)14/h1,4,12-14H,2,11H2. The van der Waals surface area contributed by atoms with Gasteiger partial charge >= 0.3 is 0 Å². The zero-order chi connectivity index (χ0) is 10.9. The fourth-order valence-corrected chi connectivity index (χ4v) is 1.73. The van der Waals surface area contributed by atoms with E-state index >= 15 is 0 Å². The van der Waals surface area contributed by atoms with Gasteiger partial charge < -0.3 is 21.1 Å². The Balaban J connectivity index is 3.36. The zero-order valence-corrected chi connectivity index (χ0v) is 8.62. The number of halogens is 2. The van der Waals surface area contributed by atoms with Crippen molar-refractivity contribution >= 4 is 15.9 Å². The van der Waals surface area contributed by atoms with Crippen LogP contribution >= 0.6 is 15.9 Å². The summed E-state index contributed by atoms with van der Waals surface area (Å²) in [7, 11) is 0. The summed E-state index contributed by atoms with van der Waals surface area (Å²) in [6.07, 6.45) is 0. The molecule has 14 heavy (non-hydrogen) atoms. The van der Waals surface area contributed by atoms with E-state index in [1.807, 2.05) is 0 Å². The minimum absolute atomic E-state index is 0.0449. The Morgan fingerprint density at radius 1 is 1.50 bits per heavy atom. The van der Waals surface area contributed by atoms with E-state index in [0.717, 1.165) is 6.07 Å². The lowest BCUT2D eigenvalue weighted by Crippen LogP contribution is -2.16. The molecule has 0 bridgehead atoms. The van der Waals surface area contributed by atoms with Gasteiger partial charge in [-0.05, 0) is 15.9 Å². The minimum Gasteiger partial charge on any atom is -0.504 e. The van der Waals surface area contributed by atoms with E-state index in [1.165, 1.54) is 0 Å². The first-order valence-corrected chi connectivity index (χ1v) is 4.54. The lowest BCUT2D eigenvalue weighted by molar-refractivity contribution is 0.264. The van der Waals surface area contributed by atoms with Gasteiger partial charge in [0.2, 0.25) is 0 Å². The SMILES string of the molecule is NC(CO)c1c(F)cc(O)c(O)c1Br. The molecule has 0 amide bonds. The molecular weight excluding hydrogens is 257 g/mol. The third-order valence-electron chi connectivity index (χ3n) is 1.78. The quantitative estimate of drug-likeness (QED) is 0.601. The first-order chi connectivity index (χ1) is 6.49. The second kappa shape index (κ2) is 4.12. The first kappa shape index (κ1) is 11.2. The van der Waals surface area contributed by atoms with Crippen LogP contribution in [0, 0.1) is 5.82 Å². The second-order valence-corrected chi connectivity index (χ2v) is 3.54. The molecule has 5 N–H and O–H groups in total. The van der Waals surface area contributed by atoms with Crippen LogP contribution in [-0.4, -0.2) is 21.9 Å². The number of phenolic OH excluding ortho intramolecular Hbond substituents is 2. The highest BCUT2D eigenvalue weighted by atomic mass is 79.9. The Morgan fingerprint density at radius 3 is 2.57 bits per heavy atom. The van der Waals surface area contributed by atoms with E-state index in [0.29, 0.717) is 0 Å². The summed E-state index contributed by atoms with van der Waals surface area (Å²) < 4.78 is 13.2. The van der Waals surface area contributed by atoms with E-state index < -0.39 is 30.0 Å². The van der Waals surface area contributed by atoms with Crippen LogP contribution < -0.4 is 5.73 Å². The molecule has 6 heteroatoms. The highest BCUT2D eigenvalue weighted by molar-refractivity contribution is 9.10. The maximum Gasteiger partial charge on any atom is 0.172 e. The molecule has 4 nitrogen and oxygen atoms in total. The molecule has 1 atom stereocenters. The Labute approximate surface area is 87.9 Å². The van der Waals surface area contributed by atoms with Crippen molar-refractivity contribution in [1.29, 1.82) is 0 Å². The largest absolute Gasteiger partial charge is 0.504 e. The van der Waals surface area contributed by atoms with Crippen molar-refractivity contribution < 1.29 is 19.7 Å². The maximum atomic E-state index is 13.2. The highest BCUT2D eigenvalue weighted by Crippen LogP contribution is 2.39. The summed E-state index contributed by atoms with van der Waals surface area (Å²) in [5.41, 5.74) is 5.34. The molecule has 0 aliphatic rings. The van der Waals surface area contributed by atoms with Crippen LogP contribution in [0.2, 0.25) is 0 Å². The van der Waals surface area contributed by atoms with Crippen LogP contribution in [-0.2, 0) is 0 Å². The molecule has 0 aliphatic heterocycles. The van der Waals surface area contributed by atoms with Gasteiger partial charge in [0.1, 0.15) is 5.82 Å². The lowest BCUT2D eigenvalue weighted by atomic mass is 10.1. The first-order valence-electron chi connectivity index (χ1n) is 3.75. The normalized spacial score (nSPS) is 12.9. The van der Waals surface area contributed by atoms with Gasteiger partial charge in [0, 0.05) is 11.6 Å². The molecule has 0 saturated carbocycles. The van der Waals surface area contributed by atoms with Crippen LogP contribution in [0.1, 0.15) is 11.6 Å². The van der Waals surface area contributed by atoms with Crippen LogP contribution in [0.4, 0.5) is 4.39 Å². The summed E-state index contributed by atoms with van der Waals surface area (Å²) in [5.74, 6) is -1.86. The van der Waals surface area contributed by atoms with Crippen molar-refractivity contribution in [3.8, 4) is 11.5 Å². The van der Waals surface area contributed by atoms with Crippen molar-refractivity contribution in [1.82, 2.24) is 0 Å². The Bertz CT molecular complexity index is 359. The number of hydrogen-bond donors (Lipinski definition) is 4. The molecule has 0 radical (unpaired) electrons. The van der Waals surface area contributed by atoms with Gasteiger partial charge in [-0.15, -0.1) is 0 Å². The predicted molar refractivity (Wildman–Crippen MR) is 51.4 cm³/mol. The van der Waals surface area contributed by atoms with Gasteiger partial charge in [-0.2, -0.15) is 0 Å². The van der Waals surface area contributed by atoms with Crippen LogP contribution in [0.25, 0.3) is 0 Å². The molecule has 0 aliphatic carbocycles. The zero-order valence-electron chi connectivity index (χ0n) is 7.04. The highest BCUT2D eigenvalue weighted by Gasteiger charge is 2.20. The van der Waals surface area contributed by atoms with Crippen molar-refractivity contribution in [2.24, 2.45) is 5.73 Å². The number of rotatable bonds is 2. The van der Waals surface area contributed by atoms with E-state index in [9.17, 15) is 9.50 Å². The summed E-state index contributed by atoms with van der Waals surface area (Å²) in [6.45, 7) is -0.459. The van der Waals surface area contributed by atoms with Gasteiger partial charge in [-0.3, -0.25) is 0 Å². The van der Waals surface area contributed by atoms with Gasteiger partial charge in [0.15, 0.2) is 11.5 Å². The van der Waals surface area contributed by atoms with Crippen molar-refractivity contribution in [3.05, 3.63) is 21.9 Å². The maximum absolute atomic E-state index is 13.2. The Morgan fingerprint density at radius 2 is 2.07 bits per heavy atom. The van der Waals surface area contributed by atoms with Crippen LogP contribution in [0.5, 0.6) is 11.5 Å². The Hall–Kier alpha value is -0.850. The Kier molecular flexibility index (Phi) is 3.30. The number of aliphatic hydroxyl groups is 1. The third-order valence-corrected chi connectivity index (χ3v) is 2.58. The van der Waals surface area contributed by atoms with E-state index in [2.05, 4.69) is 15.9 Å². The fourth-order valence-electron chi connectivity index (χ4n) is 1.04. The number of hydrogen-bond acceptors (Lipinski definition) is 4. The number of aliphatic hydroxyl groups excluding tert-OH is 1. The monoisotopic (exact) mass is 265 g/mol. The van der Waals surface area contributed by atoms with Crippen LogP contribution in [0.15, 0.2) is 10.5 Å². The molecule has 1 unspecified atom stereocenters. The molecule has 78 valence electrons. The van der Waals surface area contributed by atoms with Gasteiger partial charge in [0.05, 0.1) is 17.1 Å². The minimum atomic E-state index is -0.948. The summed E-state index contributed by atoms with van der Waals surface area (Å²) >= 11 is 2.88. The molecule has 1 rings (SSSR count). The molecule has 0 spiro atoms. The molecule has 0 aromatic heterocycles. The van der Waals surface area contributed by atoms with Gasteiger partial charge in [-0.25, -0.2) is 4.39 Å². The molecule has 0 saturated heterocycles. The van der Waals surface area contributed by atoms with Gasteiger partial charge in [-0.1, -0.05) is 0 Å². The molecule has 1 aromatic carbocycles. The predicted octanol–water partition coefficient (Wildman–Crippen LogP) is 0.991. The summed E-state index contributed by atoms with van der Waals surface area (Å²) in [4.78, 5) is 0. The third kappa shape index (κ3) is 1.82. The fraction of sp³-hybridized carbons (Fsp3) is 0.250. The number of nitrogens with two attached hydrogens (primary N) is 1.